The molecule has 0 saturated heterocycles. The van der Waals surface area contributed by atoms with Gasteiger partial charge in [-0.05, 0) is 17.7 Å². The van der Waals surface area contributed by atoms with E-state index in [-0.39, 0.29) is 10.9 Å². The number of hydrogen-bond acceptors (Lipinski definition) is 6. The molecule has 0 aliphatic heterocycles. The summed E-state index contributed by atoms with van der Waals surface area (Å²) in [6.07, 6.45) is 1.75. The van der Waals surface area contributed by atoms with Crippen LogP contribution in [-0.4, -0.2) is 24.4 Å². The Balaban J connectivity index is 2.01. The van der Waals surface area contributed by atoms with E-state index < -0.39 is 10.0 Å². The van der Waals surface area contributed by atoms with E-state index in [0.29, 0.717) is 15.7 Å². The first-order chi connectivity index (χ1) is 9.98. The molecule has 9 heteroatoms. The predicted octanol–water partition coefficient (Wildman–Crippen LogP) is 3.52. The Bertz CT molecular complexity index is 714. The largest absolute Gasteiger partial charge is 0.257 e. The van der Waals surface area contributed by atoms with Gasteiger partial charge in [0.25, 0.3) is 0 Å². The van der Waals surface area contributed by atoms with Crippen LogP contribution in [0.1, 0.15) is 5.56 Å². The number of anilines is 1. The zero-order valence-electron chi connectivity index (χ0n) is 10.8. The van der Waals surface area contributed by atoms with Crippen LogP contribution in [0.25, 0.3) is 0 Å². The molecule has 0 aliphatic carbocycles. The Morgan fingerprint density at radius 2 is 2.05 bits per heavy atom. The fraction of sp³-hybridized carbons (Fsp3) is 0.167. The predicted molar refractivity (Wildman–Crippen MR) is 91.2 cm³/mol. The molecule has 0 spiro atoms. The third-order valence-corrected chi connectivity index (χ3v) is 6.09. The van der Waals surface area contributed by atoms with Gasteiger partial charge < -0.3 is 0 Å². The maximum Gasteiger partial charge on any atom is 0.238 e. The van der Waals surface area contributed by atoms with E-state index >= 15 is 0 Å². The first-order valence-corrected chi connectivity index (χ1v) is 10.1. The fourth-order valence-electron chi connectivity index (χ4n) is 1.41. The van der Waals surface area contributed by atoms with Crippen LogP contribution >= 0.6 is 39.0 Å². The zero-order valence-corrected chi connectivity index (χ0v) is 14.9. The minimum absolute atomic E-state index is 0.102. The van der Waals surface area contributed by atoms with Crippen molar-refractivity contribution in [1.29, 1.82) is 0 Å². The number of sulfonamides is 1. The van der Waals surface area contributed by atoms with E-state index in [1.165, 1.54) is 23.1 Å². The van der Waals surface area contributed by atoms with E-state index in [0.717, 1.165) is 4.47 Å². The molecule has 21 heavy (non-hydrogen) atoms. The van der Waals surface area contributed by atoms with E-state index in [9.17, 15) is 8.42 Å². The second-order valence-corrected chi connectivity index (χ2v) is 8.84. The summed E-state index contributed by atoms with van der Waals surface area (Å²) >= 11 is 5.98. The van der Waals surface area contributed by atoms with Crippen molar-refractivity contribution in [1.82, 2.24) is 10.2 Å². The Morgan fingerprint density at radius 1 is 1.33 bits per heavy atom. The highest BCUT2D eigenvalue weighted by atomic mass is 79.9. The number of hydrogen-bond donors (Lipinski definition) is 1. The lowest BCUT2D eigenvalue weighted by Gasteiger charge is -2.04. The number of aromatic nitrogens is 2. The molecule has 0 atom stereocenters. The molecule has 0 amide bonds. The van der Waals surface area contributed by atoms with Crippen LogP contribution in [0.5, 0.6) is 0 Å². The van der Waals surface area contributed by atoms with Crippen LogP contribution in [0.3, 0.4) is 0 Å². The minimum Gasteiger partial charge on any atom is -0.257 e. The van der Waals surface area contributed by atoms with Crippen molar-refractivity contribution < 1.29 is 8.42 Å². The summed E-state index contributed by atoms with van der Waals surface area (Å²) in [4.78, 5) is 0. The summed E-state index contributed by atoms with van der Waals surface area (Å²) in [5, 5.41) is 8.01. The molecule has 1 heterocycles. The SMILES string of the molecule is C=CCSc1nnc(NS(=O)(=O)Cc2ccc(Br)cc2)s1. The van der Waals surface area contributed by atoms with Gasteiger partial charge in [0.1, 0.15) is 0 Å². The maximum atomic E-state index is 12.1. The molecule has 1 N–H and O–H groups in total. The summed E-state index contributed by atoms with van der Waals surface area (Å²) < 4.78 is 28.2. The highest BCUT2D eigenvalue weighted by Gasteiger charge is 2.15. The average Bonchev–Trinajstić information content (AvgIpc) is 2.85. The van der Waals surface area contributed by atoms with Gasteiger partial charge in [-0.3, -0.25) is 4.72 Å². The van der Waals surface area contributed by atoms with Crippen LogP contribution in [0.2, 0.25) is 0 Å². The van der Waals surface area contributed by atoms with Crippen molar-refractivity contribution >= 4 is 54.2 Å². The lowest BCUT2D eigenvalue weighted by molar-refractivity contribution is 0.600. The van der Waals surface area contributed by atoms with Crippen molar-refractivity contribution in [3.63, 3.8) is 0 Å². The molecular weight excluding hydrogens is 394 g/mol. The summed E-state index contributed by atoms with van der Waals surface area (Å²) in [6.45, 7) is 3.62. The van der Waals surface area contributed by atoms with E-state index in [4.69, 9.17) is 0 Å². The van der Waals surface area contributed by atoms with E-state index in [1.54, 1.807) is 30.3 Å². The molecule has 5 nitrogen and oxygen atoms in total. The normalized spacial score (nSPS) is 11.3. The van der Waals surface area contributed by atoms with E-state index in [1.807, 2.05) is 0 Å². The quantitative estimate of drug-likeness (QED) is 0.563. The van der Waals surface area contributed by atoms with Crippen molar-refractivity contribution in [3.05, 3.63) is 47.0 Å². The molecule has 1 aromatic carbocycles. The summed E-state index contributed by atoms with van der Waals surface area (Å²) in [5.41, 5.74) is 0.705. The van der Waals surface area contributed by atoms with Crippen LogP contribution in [0.4, 0.5) is 5.13 Å². The van der Waals surface area contributed by atoms with Gasteiger partial charge in [-0.1, -0.05) is 57.2 Å². The number of benzene rings is 1. The van der Waals surface area contributed by atoms with Crippen LogP contribution in [0.15, 0.2) is 45.7 Å². The van der Waals surface area contributed by atoms with Gasteiger partial charge in [0, 0.05) is 10.2 Å². The van der Waals surface area contributed by atoms with Crippen LogP contribution < -0.4 is 4.72 Å². The first kappa shape index (κ1) is 16.5. The topological polar surface area (TPSA) is 72.0 Å². The standard InChI is InChI=1S/C12H12BrN3O2S3/c1-2-7-19-12-15-14-11(20-12)16-21(17,18)8-9-3-5-10(13)6-4-9/h2-6H,1,7-8H2,(H,14,16). The minimum atomic E-state index is -3.49. The number of nitrogens with one attached hydrogen (secondary N) is 1. The van der Waals surface area contributed by atoms with Crippen LogP contribution in [-0.2, 0) is 15.8 Å². The summed E-state index contributed by atoms with van der Waals surface area (Å²) in [7, 11) is -3.49. The van der Waals surface area contributed by atoms with Gasteiger partial charge in [-0.2, -0.15) is 0 Å². The molecule has 2 rings (SSSR count). The molecule has 0 aliphatic rings. The van der Waals surface area contributed by atoms with Gasteiger partial charge in [0.15, 0.2) is 4.34 Å². The Morgan fingerprint density at radius 3 is 2.71 bits per heavy atom. The molecule has 0 radical (unpaired) electrons. The van der Waals surface area contributed by atoms with Crippen molar-refractivity contribution in [2.45, 2.75) is 10.1 Å². The lowest BCUT2D eigenvalue weighted by atomic mass is 10.2. The number of halogens is 1. The zero-order chi connectivity index (χ0) is 15.3. The first-order valence-electron chi connectivity index (χ1n) is 5.80. The highest BCUT2D eigenvalue weighted by molar-refractivity contribution is 9.10. The highest BCUT2D eigenvalue weighted by Crippen LogP contribution is 2.26. The Labute approximate surface area is 140 Å². The van der Waals surface area contributed by atoms with Gasteiger partial charge in [-0.25, -0.2) is 8.42 Å². The summed E-state index contributed by atoms with van der Waals surface area (Å²) in [6, 6.07) is 7.13. The van der Waals surface area contributed by atoms with Gasteiger partial charge in [-0.15, -0.1) is 16.8 Å². The second-order valence-electron chi connectivity index (χ2n) is 3.96. The maximum absolute atomic E-state index is 12.1. The van der Waals surface area contributed by atoms with Gasteiger partial charge in [0.2, 0.25) is 15.2 Å². The number of nitrogens with zero attached hydrogens (tertiary/aromatic N) is 2. The van der Waals surface area contributed by atoms with E-state index in [2.05, 4.69) is 37.4 Å². The van der Waals surface area contributed by atoms with Crippen molar-refractivity contribution in [2.75, 3.05) is 10.5 Å². The molecule has 1 aromatic heterocycles. The van der Waals surface area contributed by atoms with Crippen LogP contribution in [0, 0.1) is 0 Å². The third kappa shape index (κ3) is 5.42. The monoisotopic (exact) mass is 405 g/mol. The van der Waals surface area contributed by atoms with Gasteiger partial charge >= 0.3 is 0 Å². The molecule has 0 saturated carbocycles. The molecule has 2 aromatic rings. The molecule has 0 unspecified atom stereocenters. The third-order valence-electron chi connectivity index (χ3n) is 2.24. The summed E-state index contributed by atoms with van der Waals surface area (Å²) in [5.74, 6) is 0.606. The fourth-order valence-corrected chi connectivity index (χ4v) is 4.60. The Hall–Kier alpha value is -0.900. The molecule has 0 fully saturated rings. The van der Waals surface area contributed by atoms with Crippen molar-refractivity contribution in [2.24, 2.45) is 0 Å². The smallest absolute Gasteiger partial charge is 0.238 e. The molecular formula is C12H12BrN3O2S3. The lowest BCUT2D eigenvalue weighted by Crippen LogP contribution is -2.14. The molecule has 0 bridgehead atoms. The molecule has 112 valence electrons. The Kier molecular flexibility index (Phi) is 5.80. The second kappa shape index (κ2) is 7.39. The number of rotatable bonds is 7. The van der Waals surface area contributed by atoms with Gasteiger partial charge in [0.05, 0.1) is 5.75 Å². The number of thioether (sulfide) groups is 1. The van der Waals surface area contributed by atoms with Crippen molar-refractivity contribution in [3.8, 4) is 0 Å². The average molecular weight is 406 g/mol.